The molecule has 0 aromatic rings. The molecule has 1 amide bonds. The molecule has 0 aromatic carbocycles. The van der Waals surface area contributed by atoms with Gasteiger partial charge in [0.05, 0.1) is 6.61 Å². The lowest BCUT2D eigenvalue weighted by Gasteiger charge is -2.03. The van der Waals surface area contributed by atoms with Crippen LogP contribution in [0.1, 0.15) is 19.8 Å². The largest absolute Gasteiger partial charge is 0.480 e. The number of nitrogens with one attached hydrogen (secondary N) is 1. The molecule has 0 saturated heterocycles. The summed E-state index contributed by atoms with van der Waals surface area (Å²) < 4.78 is 4.71. The van der Waals surface area contributed by atoms with Gasteiger partial charge >= 0.3 is 5.97 Å². The Bertz CT molecular complexity index is 170. The van der Waals surface area contributed by atoms with Crippen LogP contribution in [-0.4, -0.2) is 36.7 Å². The Kier molecular flexibility index (Phi) is 6.91. The molecule has 5 nitrogen and oxygen atoms in total. The molecule has 0 aliphatic rings. The zero-order valence-electron chi connectivity index (χ0n) is 7.71. The third-order valence-electron chi connectivity index (χ3n) is 1.27. The van der Waals surface area contributed by atoms with Gasteiger partial charge in [0.2, 0.25) is 5.91 Å². The zero-order chi connectivity index (χ0) is 10.1. The minimum atomic E-state index is -1.00. The van der Waals surface area contributed by atoms with Gasteiger partial charge in [-0.05, 0) is 6.42 Å². The van der Waals surface area contributed by atoms with Crippen molar-refractivity contribution in [2.45, 2.75) is 19.8 Å². The van der Waals surface area contributed by atoms with Crippen molar-refractivity contribution in [2.75, 3.05) is 19.8 Å². The second-order valence-corrected chi connectivity index (χ2v) is 2.55. The van der Waals surface area contributed by atoms with Crippen LogP contribution in [0.25, 0.3) is 0 Å². The summed E-state index contributed by atoms with van der Waals surface area (Å²) in [6.45, 7) is 2.21. The zero-order valence-corrected chi connectivity index (χ0v) is 7.71. The number of ether oxygens (including phenoxy) is 1. The first-order valence-corrected chi connectivity index (χ1v) is 4.23. The number of aliphatic carboxylic acids is 1. The Balaban J connectivity index is 3.16. The van der Waals surface area contributed by atoms with E-state index in [0.717, 1.165) is 6.42 Å². The van der Waals surface area contributed by atoms with E-state index in [-0.39, 0.29) is 19.1 Å². The Morgan fingerprint density at radius 1 is 1.46 bits per heavy atom. The molecule has 0 atom stereocenters. The van der Waals surface area contributed by atoms with E-state index in [9.17, 15) is 9.59 Å². The summed E-state index contributed by atoms with van der Waals surface area (Å²) in [4.78, 5) is 20.8. The molecule has 0 heterocycles. The predicted molar refractivity (Wildman–Crippen MR) is 46.4 cm³/mol. The van der Waals surface area contributed by atoms with Crippen LogP contribution in [0, 0.1) is 0 Å². The Hall–Kier alpha value is -1.10. The Morgan fingerprint density at radius 3 is 2.69 bits per heavy atom. The standard InChI is InChI=1S/C8H15NO4/c1-2-3-7(10)9-4-5-13-6-8(11)12/h2-6H2,1H3,(H,9,10)(H,11,12). The van der Waals surface area contributed by atoms with Crippen LogP contribution in [0.4, 0.5) is 0 Å². The molecule has 0 radical (unpaired) electrons. The van der Waals surface area contributed by atoms with Gasteiger partial charge in [-0.1, -0.05) is 6.92 Å². The molecule has 0 fully saturated rings. The van der Waals surface area contributed by atoms with Gasteiger partial charge in [0.25, 0.3) is 0 Å². The summed E-state index contributed by atoms with van der Waals surface area (Å²) >= 11 is 0. The molecule has 2 N–H and O–H groups in total. The van der Waals surface area contributed by atoms with Crippen molar-refractivity contribution in [3.8, 4) is 0 Å². The van der Waals surface area contributed by atoms with Crippen molar-refractivity contribution in [2.24, 2.45) is 0 Å². The highest BCUT2D eigenvalue weighted by atomic mass is 16.5. The molecular formula is C8H15NO4. The van der Waals surface area contributed by atoms with E-state index in [1.807, 2.05) is 6.92 Å². The van der Waals surface area contributed by atoms with E-state index in [0.29, 0.717) is 13.0 Å². The van der Waals surface area contributed by atoms with Gasteiger partial charge in [-0.15, -0.1) is 0 Å². The average molecular weight is 189 g/mol. The fourth-order valence-electron chi connectivity index (χ4n) is 0.738. The quantitative estimate of drug-likeness (QED) is 0.553. The highest BCUT2D eigenvalue weighted by molar-refractivity contribution is 5.75. The summed E-state index contributed by atoms with van der Waals surface area (Å²) in [6, 6.07) is 0. The van der Waals surface area contributed by atoms with Crippen LogP contribution in [0.5, 0.6) is 0 Å². The van der Waals surface area contributed by atoms with E-state index in [2.05, 4.69) is 5.32 Å². The molecule has 76 valence electrons. The number of hydrogen-bond donors (Lipinski definition) is 2. The van der Waals surface area contributed by atoms with Crippen LogP contribution in [0.2, 0.25) is 0 Å². The van der Waals surface area contributed by atoms with Gasteiger partial charge in [-0.3, -0.25) is 4.79 Å². The minimum Gasteiger partial charge on any atom is -0.480 e. The van der Waals surface area contributed by atoms with Crippen LogP contribution >= 0.6 is 0 Å². The average Bonchev–Trinajstić information content (AvgIpc) is 2.03. The van der Waals surface area contributed by atoms with E-state index >= 15 is 0 Å². The van der Waals surface area contributed by atoms with Crippen molar-refractivity contribution in [3.05, 3.63) is 0 Å². The van der Waals surface area contributed by atoms with Crippen molar-refractivity contribution in [3.63, 3.8) is 0 Å². The molecule has 0 spiro atoms. The summed E-state index contributed by atoms with van der Waals surface area (Å²) in [6.07, 6.45) is 1.31. The SMILES string of the molecule is CCCC(=O)NCCOCC(=O)O. The first kappa shape index (κ1) is 11.9. The maximum Gasteiger partial charge on any atom is 0.329 e. The van der Waals surface area contributed by atoms with Gasteiger partial charge in [0.1, 0.15) is 6.61 Å². The fraction of sp³-hybridized carbons (Fsp3) is 0.750. The van der Waals surface area contributed by atoms with E-state index < -0.39 is 5.97 Å². The van der Waals surface area contributed by atoms with Gasteiger partial charge < -0.3 is 15.2 Å². The van der Waals surface area contributed by atoms with E-state index in [4.69, 9.17) is 9.84 Å². The van der Waals surface area contributed by atoms with Crippen molar-refractivity contribution in [1.29, 1.82) is 0 Å². The van der Waals surface area contributed by atoms with Gasteiger partial charge in [-0.2, -0.15) is 0 Å². The van der Waals surface area contributed by atoms with Crippen molar-refractivity contribution in [1.82, 2.24) is 5.32 Å². The summed E-state index contributed by atoms with van der Waals surface area (Å²) in [5.41, 5.74) is 0. The number of amides is 1. The van der Waals surface area contributed by atoms with Crippen LogP contribution in [0.15, 0.2) is 0 Å². The lowest BCUT2D eigenvalue weighted by molar-refractivity contribution is -0.142. The number of carboxylic acid groups (broad SMARTS) is 1. The Labute approximate surface area is 77.1 Å². The second-order valence-electron chi connectivity index (χ2n) is 2.55. The highest BCUT2D eigenvalue weighted by Crippen LogP contribution is 1.84. The molecule has 0 aromatic heterocycles. The number of carbonyl (C=O) groups excluding carboxylic acids is 1. The summed E-state index contributed by atoms with van der Waals surface area (Å²) in [5, 5.41) is 10.8. The number of carboxylic acids is 1. The molecule has 0 unspecified atom stereocenters. The molecule has 5 heteroatoms. The number of carbonyl (C=O) groups is 2. The monoisotopic (exact) mass is 189 g/mol. The topological polar surface area (TPSA) is 75.6 Å². The molecule has 13 heavy (non-hydrogen) atoms. The third-order valence-corrected chi connectivity index (χ3v) is 1.27. The molecule has 0 saturated carbocycles. The van der Waals surface area contributed by atoms with Crippen LogP contribution in [-0.2, 0) is 14.3 Å². The smallest absolute Gasteiger partial charge is 0.329 e. The molecular weight excluding hydrogens is 174 g/mol. The maximum atomic E-state index is 10.9. The van der Waals surface area contributed by atoms with Crippen molar-refractivity contribution < 1.29 is 19.4 Å². The molecule has 0 rings (SSSR count). The molecule has 0 aliphatic carbocycles. The number of rotatable bonds is 7. The predicted octanol–water partition coefficient (Wildman–Crippen LogP) is 0.00390. The molecule has 0 bridgehead atoms. The van der Waals surface area contributed by atoms with Crippen molar-refractivity contribution >= 4 is 11.9 Å². The minimum absolute atomic E-state index is 0.0265. The van der Waals surface area contributed by atoms with Gasteiger partial charge in [0.15, 0.2) is 0 Å². The summed E-state index contributed by atoms with van der Waals surface area (Å²) in [5.74, 6) is -1.03. The normalized spacial score (nSPS) is 9.62. The Morgan fingerprint density at radius 2 is 2.15 bits per heavy atom. The van der Waals surface area contributed by atoms with E-state index in [1.54, 1.807) is 0 Å². The van der Waals surface area contributed by atoms with Gasteiger partial charge in [0, 0.05) is 13.0 Å². The maximum absolute atomic E-state index is 10.9. The first-order chi connectivity index (χ1) is 6.16. The van der Waals surface area contributed by atoms with E-state index in [1.165, 1.54) is 0 Å². The van der Waals surface area contributed by atoms with Crippen LogP contribution in [0.3, 0.4) is 0 Å². The highest BCUT2D eigenvalue weighted by Gasteiger charge is 1.98. The lowest BCUT2D eigenvalue weighted by Crippen LogP contribution is -2.27. The first-order valence-electron chi connectivity index (χ1n) is 4.23. The second kappa shape index (κ2) is 7.54. The summed E-state index contributed by atoms with van der Waals surface area (Å²) in [7, 11) is 0. The lowest BCUT2D eigenvalue weighted by atomic mass is 10.3. The van der Waals surface area contributed by atoms with Gasteiger partial charge in [-0.25, -0.2) is 4.79 Å². The molecule has 0 aliphatic heterocycles. The van der Waals surface area contributed by atoms with Crippen LogP contribution < -0.4 is 5.32 Å². The number of hydrogen-bond acceptors (Lipinski definition) is 3. The third kappa shape index (κ3) is 8.81. The fourth-order valence-corrected chi connectivity index (χ4v) is 0.738.